The molecule has 31 heavy (non-hydrogen) atoms. The summed E-state index contributed by atoms with van der Waals surface area (Å²) in [6.07, 6.45) is 2.20. The summed E-state index contributed by atoms with van der Waals surface area (Å²) in [5.74, 6) is 0.823. The molecule has 168 valence electrons. The SMILES string of the molecule is COC(=O)CN(Cc1cc(OC)cc(OC)c1)C(=O)c1cc(C2CC2)n(C(C)(C)C)n1. The van der Waals surface area contributed by atoms with Crippen LogP contribution in [-0.4, -0.2) is 54.4 Å². The first-order chi connectivity index (χ1) is 14.7. The maximum absolute atomic E-state index is 13.4. The molecule has 1 aromatic carbocycles. The van der Waals surface area contributed by atoms with Crippen LogP contribution < -0.4 is 9.47 Å². The number of aromatic nitrogens is 2. The van der Waals surface area contributed by atoms with Crippen molar-refractivity contribution < 1.29 is 23.8 Å². The van der Waals surface area contributed by atoms with Crippen molar-refractivity contribution in [3.8, 4) is 11.5 Å². The Morgan fingerprint density at radius 1 is 1.06 bits per heavy atom. The number of carbonyl (C=O) groups is 2. The summed E-state index contributed by atoms with van der Waals surface area (Å²) >= 11 is 0. The van der Waals surface area contributed by atoms with Crippen LogP contribution in [0.25, 0.3) is 0 Å². The fourth-order valence-electron chi connectivity index (χ4n) is 3.47. The van der Waals surface area contributed by atoms with Gasteiger partial charge in [-0.1, -0.05) is 0 Å². The average Bonchev–Trinajstić information content (AvgIpc) is 3.48. The Morgan fingerprint density at radius 3 is 2.16 bits per heavy atom. The molecule has 1 fully saturated rings. The Bertz CT molecular complexity index is 934. The molecule has 1 amide bonds. The topological polar surface area (TPSA) is 82.9 Å². The van der Waals surface area contributed by atoms with Crippen LogP contribution in [0, 0.1) is 0 Å². The minimum Gasteiger partial charge on any atom is -0.497 e. The molecule has 1 aliphatic rings. The first kappa shape index (κ1) is 22.7. The maximum Gasteiger partial charge on any atom is 0.325 e. The molecule has 1 aliphatic carbocycles. The summed E-state index contributed by atoms with van der Waals surface area (Å²) in [5.41, 5.74) is 1.92. The van der Waals surface area contributed by atoms with Crippen LogP contribution in [0.2, 0.25) is 0 Å². The van der Waals surface area contributed by atoms with Crippen molar-refractivity contribution >= 4 is 11.9 Å². The van der Waals surface area contributed by atoms with Crippen LogP contribution in [-0.2, 0) is 21.6 Å². The molecular formula is C23H31N3O5. The fraction of sp³-hybridized carbons (Fsp3) is 0.522. The molecule has 8 nitrogen and oxygen atoms in total. The molecular weight excluding hydrogens is 398 g/mol. The Kier molecular flexibility index (Phi) is 6.57. The van der Waals surface area contributed by atoms with Gasteiger partial charge in [-0.25, -0.2) is 0 Å². The minimum atomic E-state index is -0.499. The second-order valence-electron chi connectivity index (χ2n) is 8.77. The Hall–Kier alpha value is -3.03. The monoisotopic (exact) mass is 429 g/mol. The first-order valence-electron chi connectivity index (χ1n) is 10.3. The van der Waals surface area contributed by atoms with E-state index in [1.165, 1.54) is 12.0 Å². The molecule has 2 aromatic rings. The van der Waals surface area contributed by atoms with E-state index in [1.54, 1.807) is 20.3 Å². The zero-order valence-electron chi connectivity index (χ0n) is 19.1. The van der Waals surface area contributed by atoms with Crippen molar-refractivity contribution in [2.75, 3.05) is 27.9 Å². The number of methoxy groups -OCH3 is 3. The molecule has 0 atom stereocenters. The molecule has 3 rings (SSSR count). The Balaban J connectivity index is 1.94. The summed E-state index contributed by atoms with van der Waals surface area (Å²) in [6, 6.07) is 7.23. The number of amides is 1. The third kappa shape index (κ3) is 5.37. The van der Waals surface area contributed by atoms with E-state index in [0.29, 0.717) is 23.1 Å². The van der Waals surface area contributed by atoms with Gasteiger partial charge in [0.1, 0.15) is 18.0 Å². The molecule has 0 unspecified atom stereocenters. The maximum atomic E-state index is 13.4. The van der Waals surface area contributed by atoms with E-state index in [4.69, 9.17) is 14.2 Å². The van der Waals surface area contributed by atoms with Gasteiger partial charge in [0.2, 0.25) is 0 Å². The fourth-order valence-corrected chi connectivity index (χ4v) is 3.47. The van der Waals surface area contributed by atoms with Gasteiger partial charge < -0.3 is 19.1 Å². The van der Waals surface area contributed by atoms with E-state index in [1.807, 2.05) is 22.9 Å². The molecule has 1 aromatic heterocycles. The standard InChI is InChI=1S/C23H31N3O5/c1-23(2,3)26-20(16-7-8-16)12-19(24-26)22(28)25(14-21(27)31-6)13-15-9-17(29-4)11-18(10-15)30-5/h9-12,16H,7-8,13-14H2,1-6H3. The van der Waals surface area contributed by atoms with Gasteiger partial charge in [0.25, 0.3) is 5.91 Å². The highest BCUT2D eigenvalue weighted by molar-refractivity contribution is 5.94. The third-order valence-corrected chi connectivity index (χ3v) is 5.21. The lowest BCUT2D eigenvalue weighted by atomic mass is 10.1. The number of hydrogen-bond donors (Lipinski definition) is 0. The number of benzene rings is 1. The van der Waals surface area contributed by atoms with Crippen molar-refractivity contribution in [3.05, 3.63) is 41.2 Å². The van der Waals surface area contributed by atoms with E-state index in [-0.39, 0.29) is 24.5 Å². The van der Waals surface area contributed by atoms with E-state index in [0.717, 1.165) is 24.1 Å². The molecule has 1 heterocycles. The van der Waals surface area contributed by atoms with Crippen molar-refractivity contribution in [2.24, 2.45) is 0 Å². The Morgan fingerprint density at radius 2 is 1.68 bits per heavy atom. The quantitative estimate of drug-likeness (QED) is 0.599. The van der Waals surface area contributed by atoms with Gasteiger partial charge in [-0.05, 0) is 57.4 Å². The predicted molar refractivity (Wildman–Crippen MR) is 116 cm³/mol. The van der Waals surface area contributed by atoms with E-state index < -0.39 is 5.97 Å². The second kappa shape index (κ2) is 8.99. The van der Waals surface area contributed by atoms with Crippen LogP contribution in [0.3, 0.4) is 0 Å². The van der Waals surface area contributed by atoms with Gasteiger partial charge >= 0.3 is 5.97 Å². The molecule has 0 spiro atoms. The van der Waals surface area contributed by atoms with E-state index >= 15 is 0 Å². The van der Waals surface area contributed by atoms with Gasteiger partial charge in [0.05, 0.1) is 26.9 Å². The molecule has 0 saturated heterocycles. The molecule has 0 radical (unpaired) electrons. The van der Waals surface area contributed by atoms with E-state index in [9.17, 15) is 9.59 Å². The first-order valence-corrected chi connectivity index (χ1v) is 10.3. The van der Waals surface area contributed by atoms with Crippen LogP contribution in [0.4, 0.5) is 0 Å². The average molecular weight is 430 g/mol. The van der Waals surface area contributed by atoms with Gasteiger partial charge in [-0.15, -0.1) is 0 Å². The molecule has 8 heteroatoms. The number of esters is 1. The summed E-state index contributed by atoms with van der Waals surface area (Å²) in [4.78, 5) is 26.9. The van der Waals surface area contributed by atoms with Gasteiger partial charge in [-0.3, -0.25) is 14.3 Å². The van der Waals surface area contributed by atoms with Crippen molar-refractivity contribution in [1.82, 2.24) is 14.7 Å². The smallest absolute Gasteiger partial charge is 0.325 e. The molecule has 0 aliphatic heterocycles. The lowest BCUT2D eigenvalue weighted by Gasteiger charge is -2.23. The highest BCUT2D eigenvalue weighted by Crippen LogP contribution is 2.41. The number of ether oxygens (including phenoxy) is 3. The number of nitrogens with zero attached hydrogens (tertiary/aromatic N) is 3. The highest BCUT2D eigenvalue weighted by Gasteiger charge is 2.33. The van der Waals surface area contributed by atoms with Crippen molar-refractivity contribution in [1.29, 1.82) is 0 Å². The highest BCUT2D eigenvalue weighted by atomic mass is 16.5. The number of carbonyl (C=O) groups excluding carboxylic acids is 2. The van der Waals surface area contributed by atoms with Crippen molar-refractivity contribution in [2.45, 2.75) is 51.6 Å². The largest absolute Gasteiger partial charge is 0.497 e. The van der Waals surface area contributed by atoms with Gasteiger partial charge in [0.15, 0.2) is 5.69 Å². The normalized spacial score (nSPS) is 13.6. The van der Waals surface area contributed by atoms with Crippen LogP contribution in [0.1, 0.15) is 61.3 Å². The molecule has 0 bridgehead atoms. The van der Waals surface area contributed by atoms with Crippen molar-refractivity contribution in [3.63, 3.8) is 0 Å². The summed E-state index contributed by atoms with van der Waals surface area (Å²) in [6.45, 7) is 6.19. The van der Waals surface area contributed by atoms with Gasteiger partial charge in [0, 0.05) is 24.2 Å². The lowest BCUT2D eigenvalue weighted by molar-refractivity contribution is -0.141. The minimum absolute atomic E-state index is 0.183. The van der Waals surface area contributed by atoms with E-state index in [2.05, 4.69) is 25.9 Å². The summed E-state index contributed by atoms with van der Waals surface area (Å²) < 4.78 is 17.4. The zero-order valence-corrected chi connectivity index (χ0v) is 19.1. The third-order valence-electron chi connectivity index (χ3n) is 5.21. The second-order valence-corrected chi connectivity index (χ2v) is 8.77. The number of hydrogen-bond acceptors (Lipinski definition) is 6. The molecule has 0 N–H and O–H groups in total. The van der Waals surface area contributed by atoms with Crippen LogP contribution in [0.5, 0.6) is 11.5 Å². The number of rotatable bonds is 8. The van der Waals surface area contributed by atoms with Crippen LogP contribution in [0.15, 0.2) is 24.3 Å². The summed E-state index contributed by atoms with van der Waals surface area (Å²) in [5, 5.41) is 4.63. The molecule has 1 saturated carbocycles. The summed E-state index contributed by atoms with van der Waals surface area (Å²) in [7, 11) is 4.43. The zero-order chi connectivity index (χ0) is 22.8. The lowest BCUT2D eigenvalue weighted by Crippen LogP contribution is -2.36. The predicted octanol–water partition coefficient (Wildman–Crippen LogP) is 3.35. The van der Waals surface area contributed by atoms with Gasteiger partial charge in [-0.2, -0.15) is 5.10 Å². The van der Waals surface area contributed by atoms with Crippen LogP contribution >= 0.6 is 0 Å². The Labute approximate surface area is 183 Å².